The predicted octanol–water partition coefficient (Wildman–Crippen LogP) is 1.96. The van der Waals surface area contributed by atoms with Crippen molar-refractivity contribution in [1.29, 1.82) is 0 Å². The minimum Gasteiger partial charge on any atom is -0.496 e. The molecule has 128 valence electrons. The number of rotatable bonds is 4. The molecule has 0 aromatic heterocycles. The second kappa shape index (κ2) is 7.31. The van der Waals surface area contributed by atoms with Gasteiger partial charge in [0.1, 0.15) is 5.75 Å². The molecular formula is C16H24N2O4S. The lowest BCUT2D eigenvalue weighted by molar-refractivity contribution is 0.0758. The molecule has 1 heterocycles. The summed E-state index contributed by atoms with van der Waals surface area (Å²) in [6, 6.07) is 4.43. The van der Waals surface area contributed by atoms with Crippen molar-refractivity contribution < 1.29 is 17.9 Å². The third kappa shape index (κ3) is 3.84. The topological polar surface area (TPSA) is 66.9 Å². The van der Waals surface area contributed by atoms with E-state index in [-0.39, 0.29) is 10.8 Å². The Kier molecular flexibility index (Phi) is 5.64. The first kappa shape index (κ1) is 17.7. The Morgan fingerprint density at radius 2 is 1.74 bits per heavy atom. The van der Waals surface area contributed by atoms with E-state index in [0.717, 1.165) is 30.0 Å². The molecule has 1 aliphatic heterocycles. The molecule has 0 unspecified atom stereocenters. The first-order chi connectivity index (χ1) is 10.9. The lowest BCUT2D eigenvalue weighted by Gasteiger charge is -2.22. The Balaban J connectivity index is 2.41. The summed E-state index contributed by atoms with van der Waals surface area (Å²) in [5.74, 6) is 0.233. The van der Waals surface area contributed by atoms with Gasteiger partial charge in [0.05, 0.1) is 17.6 Å². The second-order valence-corrected chi connectivity index (χ2v) is 8.01. The van der Waals surface area contributed by atoms with Gasteiger partial charge in [-0.05, 0) is 31.0 Å². The second-order valence-electron chi connectivity index (χ2n) is 5.86. The fourth-order valence-corrected chi connectivity index (χ4v) is 3.60. The summed E-state index contributed by atoms with van der Waals surface area (Å²) in [6.07, 6.45) is 4.19. The third-order valence-corrected chi connectivity index (χ3v) is 5.88. The molecule has 0 bridgehead atoms. The molecule has 1 aliphatic rings. The largest absolute Gasteiger partial charge is 0.496 e. The SMILES string of the molecule is COc1ccc(S(=O)(=O)N(C)C)cc1C(=O)N1CCCCCC1. The molecule has 0 atom stereocenters. The summed E-state index contributed by atoms with van der Waals surface area (Å²) >= 11 is 0. The molecule has 1 saturated heterocycles. The van der Waals surface area contributed by atoms with Crippen molar-refractivity contribution in [2.45, 2.75) is 30.6 Å². The van der Waals surface area contributed by atoms with Crippen LogP contribution in [0.25, 0.3) is 0 Å². The Morgan fingerprint density at radius 1 is 1.13 bits per heavy atom. The Morgan fingerprint density at radius 3 is 2.26 bits per heavy atom. The molecule has 1 aromatic rings. The van der Waals surface area contributed by atoms with Crippen LogP contribution in [0.5, 0.6) is 5.75 Å². The standard InChI is InChI=1S/C16H24N2O4S/c1-17(2)23(20,21)13-8-9-15(22-3)14(12-13)16(19)18-10-6-4-5-7-11-18/h8-9,12H,4-7,10-11H2,1-3H3. The van der Waals surface area contributed by atoms with E-state index in [1.807, 2.05) is 0 Å². The molecular weight excluding hydrogens is 316 g/mol. The van der Waals surface area contributed by atoms with Crippen molar-refractivity contribution in [1.82, 2.24) is 9.21 Å². The van der Waals surface area contributed by atoms with Crippen LogP contribution in [0.4, 0.5) is 0 Å². The maximum absolute atomic E-state index is 12.8. The number of benzene rings is 1. The minimum atomic E-state index is -3.59. The van der Waals surface area contributed by atoms with Crippen LogP contribution in [0, 0.1) is 0 Å². The van der Waals surface area contributed by atoms with Gasteiger partial charge < -0.3 is 9.64 Å². The van der Waals surface area contributed by atoms with Crippen LogP contribution in [-0.2, 0) is 10.0 Å². The summed E-state index contributed by atoms with van der Waals surface area (Å²) in [5.41, 5.74) is 0.303. The molecule has 6 nitrogen and oxygen atoms in total. The van der Waals surface area contributed by atoms with Crippen molar-refractivity contribution in [3.63, 3.8) is 0 Å². The average Bonchev–Trinajstić information content (AvgIpc) is 2.82. The number of ether oxygens (including phenoxy) is 1. The number of hydrogen-bond donors (Lipinski definition) is 0. The van der Waals surface area contributed by atoms with Gasteiger partial charge in [0, 0.05) is 27.2 Å². The number of likely N-dealkylation sites (tertiary alicyclic amines) is 1. The zero-order valence-electron chi connectivity index (χ0n) is 13.9. The molecule has 0 aliphatic carbocycles. The van der Waals surface area contributed by atoms with E-state index in [1.54, 1.807) is 11.0 Å². The molecule has 0 spiro atoms. The fourth-order valence-electron chi connectivity index (χ4n) is 2.67. The average molecular weight is 340 g/mol. The van der Waals surface area contributed by atoms with Crippen LogP contribution in [-0.4, -0.2) is 57.8 Å². The van der Waals surface area contributed by atoms with E-state index in [2.05, 4.69) is 0 Å². The van der Waals surface area contributed by atoms with Crippen LogP contribution in [0.1, 0.15) is 36.0 Å². The smallest absolute Gasteiger partial charge is 0.257 e. The van der Waals surface area contributed by atoms with Crippen molar-refractivity contribution in [2.24, 2.45) is 0 Å². The molecule has 23 heavy (non-hydrogen) atoms. The van der Waals surface area contributed by atoms with Gasteiger partial charge in [0.25, 0.3) is 5.91 Å². The number of nitrogens with zero attached hydrogens (tertiary/aromatic N) is 2. The lowest BCUT2D eigenvalue weighted by Crippen LogP contribution is -2.32. The summed E-state index contributed by atoms with van der Waals surface area (Å²) in [7, 11) is 0.828. The van der Waals surface area contributed by atoms with Crippen molar-refractivity contribution in [3.8, 4) is 5.75 Å². The first-order valence-corrected chi connectivity index (χ1v) is 9.22. The van der Waals surface area contributed by atoms with E-state index >= 15 is 0 Å². The Bertz CT molecular complexity index is 663. The van der Waals surface area contributed by atoms with Crippen molar-refractivity contribution in [2.75, 3.05) is 34.3 Å². The quantitative estimate of drug-likeness (QED) is 0.840. The summed E-state index contributed by atoms with van der Waals surface area (Å²) in [4.78, 5) is 14.7. The monoisotopic (exact) mass is 340 g/mol. The minimum absolute atomic E-state index is 0.0986. The number of carbonyl (C=O) groups is 1. The number of amides is 1. The zero-order valence-corrected chi connectivity index (χ0v) is 14.7. The zero-order chi connectivity index (χ0) is 17.0. The third-order valence-electron chi connectivity index (χ3n) is 4.07. The van der Waals surface area contributed by atoms with Gasteiger partial charge in [-0.3, -0.25) is 4.79 Å². The Labute approximate surface area is 138 Å². The number of methoxy groups -OCH3 is 1. The molecule has 0 saturated carbocycles. The van der Waals surface area contributed by atoms with Gasteiger partial charge >= 0.3 is 0 Å². The van der Waals surface area contributed by atoms with Crippen LogP contribution in [0.15, 0.2) is 23.1 Å². The maximum Gasteiger partial charge on any atom is 0.257 e. The number of carbonyl (C=O) groups excluding carboxylic acids is 1. The van der Waals surface area contributed by atoms with Gasteiger partial charge in [-0.2, -0.15) is 0 Å². The lowest BCUT2D eigenvalue weighted by atomic mass is 10.1. The highest BCUT2D eigenvalue weighted by molar-refractivity contribution is 7.89. The van der Waals surface area contributed by atoms with Crippen LogP contribution in [0.3, 0.4) is 0 Å². The fraction of sp³-hybridized carbons (Fsp3) is 0.562. The van der Waals surface area contributed by atoms with Gasteiger partial charge in [-0.1, -0.05) is 12.8 Å². The van der Waals surface area contributed by atoms with Crippen LogP contribution < -0.4 is 4.74 Å². The van der Waals surface area contributed by atoms with E-state index in [4.69, 9.17) is 4.74 Å². The summed E-state index contributed by atoms with van der Waals surface area (Å²) < 4.78 is 31.0. The molecule has 1 fully saturated rings. The van der Waals surface area contributed by atoms with Gasteiger partial charge in [0.15, 0.2) is 0 Å². The summed E-state index contributed by atoms with van der Waals surface area (Å²) in [6.45, 7) is 1.40. The molecule has 0 radical (unpaired) electrons. The number of sulfonamides is 1. The van der Waals surface area contributed by atoms with E-state index in [1.165, 1.54) is 33.3 Å². The molecule has 1 amide bonds. The van der Waals surface area contributed by atoms with E-state index in [0.29, 0.717) is 24.4 Å². The van der Waals surface area contributed by atoms with Crippen molar-refractivity contribution >= 4 is 15.9 Å². The predicted molar refractivity (Wildman–Crippen MR) is 88.2 cm³/mol. The van der Waals surface area contributed by atoms with Gasteiger partial charge in [-0.15, -0.1) is 0 Å². The van der Waals surface area contributed by atoms with Crippen LogP contribution >= 0.6 is 0 Å². The van der Waals surface area contributed by atoms with Gasteiger partial charge in [-0.25, -0.2) is 12.7 Å². The molecule has 7 heteroatoms. The maximum atomic E-state index is 12.8. The highest BCUT2D eigenvalue weighted by Gasteiger charge is 2.24. The first-order valence-electron chi connectivity index (χ1n) is 7.78. The molecule has 0 N–H and O–H groups in total. The Hall–Kier alpha value is -1.60. The normalized spacial score (nSPS) is 16.3. The van der Waals surface area contributed by atoms with E-state index < -0.39 is 10.0 Å². The highest BCUT2D eigenvalue weighted by Crippen LogP contribution is 2.26. The van der Waals surface area contributed by atoms with Crippen molar-refractivity contribution in [3.05, 3.63) is 23.8 Å². The molecule has 2 rings (SSSR count). The van der Waals surface area contributed by atoms with E-state index in [9.17, 15) is 13.2 Å². The summed E-state index contributed by atoms with van der Waals surface area (Å²) in [5, 5.41) is 0. The number of hydrogen-bond acceptors (Lipinski definition) is 4. The molecule has 1 aromatic carbocycles. The van der Waals surface area contributed by atoms with Crippen LogP contribution in [0.2, 0.25) is 0 Å². The highest BCUT2D eigenvalue weighted by atomic mass is 32.2. The van der Waals surface area contributed by atoms with Gasteiger partial charge in [0.2, 0.25) is 10.0 Å².